The molecule has 2 rings (SSSR count). The van der Waals surface area contributed by atoms with Gasteiger partial charge in [0.25, 0.3) is 5.91 Å². The number of carbonyl (C=O) groups excluding carboxylic acids is 2. The van der Waals surface area contributed by atoms with E-state index in [2.05, 4.69) is 26.0 Å². The molecule has 0 aliphatic carbocycles. The fourth-order valence-electron chi connectivity index (χ4n) is 2.20. The van der Waals surface area contributed by atoms with Gasteiger partial charge in [-0.1, -0.05) is 6.07 Å². The van der Waals surface area contributed by atoms with E-state index in [0.717, 1.165) is 4.47 Å². The lowest BCUT2D eigenvalue weighted by Crippen LogP contribution is -2.13. The van der Waals surface area contributed by atoms with Crippen molar-refractivity contribution in [3.63, 3.8) is 0 Å². The van der Waals surface area contributed by atoms with Gasteiger partial charge in [0.15, 0.2) is 0 Å². The number of rotatable bonds is 6. The van der Waals surface area contributed by atoms with Gasteiger partial charge >= 0.3 is 5.97 Å². The highest BCUT2D eigenvalue weighted by atomic mass is 79.9. The van der Waals surface area contributed by atoms with E-state index in [1.54, 1.807) is 30.3 Å². The second-order valence-electron chi connectivity index (χ2n) is 5.32. The molecule has 138 valence electrons. The fourth-order valence-corrected chi connectivity index (χ4v) is 2.71. The van der Waals surface area contributed by atoms with E-state index in [1.807, 2.05) is 13.0 Å². The van der Waals surface area contributed by atoms with E-state index < -0.39 is 11.9 Å². The van der Waals surface area contributed by atoms with Crippen LogP contribution in [-0.4, -0.2) is 25.6 Å². The summed E-state index contributed by atoms with van der Waals surface area (Å²) in [6.07, 6.45) is 1.48. The number of amides is 1. The van der Waals surface area contributed by atoms with E-state index in [0.29, 0.717) is 29.2 Å². The van der Waals surface area contributed by atoms with E-state index in [1.165, 1.54) is 25.3 Å². The summed E-state index contributed by atoms with van der Waals surface area (Å²) in [6.45, 7) is 2.42. The average Bonchev–Trinajstić information content (AvgIpc) is 2.68. The minimum atomic E-state index is -0.548. The largest absolute Gasteiger partial charge is 0.493 e. The number of methoxy groups -OCH3 is 1. The molecular formula is C20H17BrN2O4. The lowest BCUT2D eigenvalue weighted by Gasteiger charge is -2.07. The minimum Gasteiger partial charge on any atom is -0.493 e. The molecule has 0 aliphatic rings. The molecule has 0 unspecified atom stereocenters. The second-order valence-corrected chi connectivity index (χ2v) is 6.17. The van der Waals surface area contributed by atoms with Gasteiger partial charge in [0.1, 0.15) is 17.4 Å². The fraction of sp³-hybridized carbons (Fsp3) is 0.150. The maximum atomic E-state index is 12.3. The first-order chi connectivity index (χ1) is 13.0. The molecule has 1 amide bonds. The van der Waals surface area contributed by atoms with Crippen LogP contribution in [0.15, 0.2) is 52.5 Å². The Bertz CT molecular complexity index is 915. The smallest absolute Gasteiger partial charge is 0.337 e. The molecule has 0 aromatic heterocycles. The first kappa shape index (κ1) is 20.2. The third-order valence-electron chi connectivity index (χ3n) is 3.50. The van der Waals surface area contributed by atoms with Crippen molar-refractivity contribution in [2.45, 2.75) is 6.92 Å². The predicted octanol–water partition coefficient (Wildman–Crippen LogP) is 4.18. The Kier molecular flexibility index (Phi) is 7.15. The minimum absolute atomic E-state index is 0.0527. The number of ether oxygens (including phenoxy) is 2. The molecule has 6 nitrogen and oxygen atoms in total. The molecule has 7 heteroatoms. The third-order valence-corrected chi connectivity index (χ3v) is 4.12. The number of halogens is 1. The van der Waals surface area contributed by atoms with Crippen molar-refractivity contribution in [1.82, 2.24) is 0 Å². The van der Waals surface area contributed by atoms with Crippen molar-refractivity contribution in [1.29, 1.82) is 5.26 Å². The molecule has 27 heavy (non-hydrogen) atoms. The van der Waals surface area contributed by atoms with Crippen LogP contribution < -0.4 is 10.1 Å². The van der Waals surface area contributed by atoms with Crippen molar-refractivity contribution < 1.29 is 19.1 Å². The number of carbonyl (C=O) groups is 2. The highest BCUT2D eigenvalue weighted by molar-refractivity contribution is 9.10. The van der Waals surface area contributed by atoms with Crippen LogP contribution in [0.2, 0.25) is 0 Å². The van der Waals surface area contributed by atoms with Gasteiger partial charge in [-0.25, -0.2) is 4.79 Å². The quantitative estimate of drug-likeness (QED) is 0.423. The number of nitrogens with one attached hydrogen (secondary N) is 1. The lowest BCUT2D eigenvalue weighted by atomic mass is 10.1. The highest BCUT2D eigenvalue weighted by Crippen LogP contribution is 2.27. The average molecular weight is 429 g/mol. The zero-order valence-electron chi connectivity index (χ0n) is 14.8. The van der Waals surface area contributed by atoms with Gasteiger partial charge in [0.2, 0.25) is 0 Å². The third kappa shape index (κ3) is 5.43. The zero-order chi connectivity index (χ0) is 19.8. The second kappa shape index (κ2) is 9.55. The standard InChI is InChI=1S/C20H17BrN2O4/c1-3-27-18-9-4-13(11-17(18)21)10-15(12-22)19(24)23-16-7-5-14(6-8-16)20(25)26-2/h4-11H,3H2,1-2H3,(H,23,24)/b15-10+. The molecule has 0 aliphatic heterocycles. The number of nitrogens with zero attached hydrogens (tertiary/aromatic N) is 1. The molecule has 0 saturated carbocycles. The maximum Gasteiger partial charge on any atom is 0.337 e. The van der Waals surface area contributed by atoms with Crippen LogP contribution in [0.4, 0.5) is 5.69 Å². The Balaban J connectivity index is 2.16. The Morgan fingerprint density at radius 3 is 2.48 bits per heavy atom. The number of hydrogen-bond acceptors (Lipinski definition) is 5. The summed E-state index contributed by atoms with van der Waals surface area (Å²) in [6, 6.07) is 13.4. The molecule has 2 aromatic rings. The summed E-state index contributed by atoms with van der Waals surface area (Å²) in [7, 11) is 1.29. The van der Waals surface area contributed by atoms with Gasteiger partial charge in [-0.2, -0.15) is 5.26 Å². The van der Waals surface area contributed by atoms with Gasteiger partial charge in [-0.15, -0.1) is 0 Å². The highest BCUT2D eigenvalue weighted by Gasteiger charge is 2.11. The van der Waals surface area contributed by atoms with Gasteiger partial charge in [0.05, 0.1) is 23.8 Å². The van der Waals surface area contributed by atoms with Crippen molar-refractivity contribution in [3.8, 4) is 11.8 Å². The van der Waals surface area contributed by atoms with Crippen LogP contribution >= 0.6 is 15.9 Å². The molecule has 0 spiro atoms. The van der Waals surface area contributed by atoms with E-state index >= 15 is 0 Å². The van der Waals surface area contributed by atoms with Gasteiger partial charge in [-0.3, -0.25) is 4.79 Å². The number of anilines is 1. The molecule has 0 heterocycles. The summed E-state index contributed by atoms with van der Waals surface area (Å²) < 4.78 is 10.8. The Morgan fingerprint density at radius 2 is 1.93 bits per heavy atom. The summed E-state index contributed by atoms with van der Waals surface area (Å²) in [5.74, 6) is -0.330. The summed E-state index contributed by atoms with van der Waals surface area (Å²) in [5.41, 5.74) is 1.45. The normalized spacial score (nSPS) is 10.7. The van der Waals surface area contributed by atoms with Crippen LogP contribution in [0.3, 0.4) is 0 Å². The number of nitriles is 1. The maximum absolute atomic E-state index is 12.3. The lowest BCUT2D eigenvalue weighted by molar-refractivity contribution is -0.112. The Hall–Kier alpha value is -3.11. The number of esters is 1. The molecular weight excluding hydrogens is 412 g/mol. The molecule has 1 N–H and O–H groups in total. The topological polar surface area (TPSA) is 88.4 Å². The van der Waals surface area contributed by atoms with Gasteiger partial charge in [-0.05, 0) is 70.9 Å². The monoisotopic (exact) mass is 428 g/mol. The van der Waals surface area contributed by atoms with Crippen molar-refractivity contribution in [3.05, 3.63) is 63.6 Å². The summed E-state index contributed by atoms with van der Waals surface area (Å²) in [5, 5.41) is 11.9. The Labute approximate surface area is 165 Å². The van der Waals surface area contributed by atoms with Gasteiger partial charge < -0.3 is 14.8 Å². The van der Waals surface area contributed by atoms with Crippen LogP contribution in [0.25, 0.3) is 6.08 Å². The van der Waals surface area contributed by atoms with E-state index in [-0.39, 0.29) is 5.57 Å². The zero-order valence-corrected chi connectivity index (χ0v) is 16.4. The number of benzene rings is 2. The SMILES string of the molecule is CCOc1ccc(/C=C(\C#N)C(=O)Nc2ccc(C(=O)OC)cc2)cc1Br. The van der Waals surface area contributed by atoms with Crippen LogP contribution in [0.1, 0.15) is 22.8 Å². The Morgan fingerprint density at radius 1 is 1.22 bits per heavy atom. The molecule has 0 fully saturated rings. The van der Waals surface area contributed by atoms with E-state index in [9.17, 15) is 14.9 Å². The van der Waals surface area contributed by atoms with Crippen molar-refractivity contribution in [2.75, 3.05) is 19.0 Å². The molecule has 0 bridgehead atoms. The van der Waals surface area contributed by atoms with Crippen LogP contribution in [0.5, 0.6) is 5.75 Å². The van der Waals surface area contributed by atoms with Crippen LogP contribution in [0, 0.1) is 11.3 Å². The molecule has 0 atom stereocenters. The van der Waals surface area contributed by atoms with E-state index in [4.69, 9.17) is 4.74 Å². The van der Waals surface area contributed by atoms with Crippen LogP contribution in [-0.2, 0) is 9.53 Å². The molecule has 0 saturated heterocycles. The van der Waals surface area contributed by atoms with Crippen molar-refractivity contribution >= 4 is 39.6 Å². The first-order valence-electron chi connectivity index (χ1n) is 8.02. The van der Waals surface area contributed by atoms with Crippen molar-refractivity contribution in [2.24, 2.45) is 0 Å². The summed E-state index contributed by atoms with van der Waals surface area (Å²) in [4.78, 5) is 23.8. The summed E-state index contributed by atoms with van der Waals surface area (Å²) >= 11 is 3.40. The predicted molar refractivity (Wildman–Crippen MR) is 105 cm³/mol. The molecule has 0 radical (unpaired) electrons. The van der Waals surface area contributed by atoms with Gasteiger partial charge in [0, 0.05) is 5.69 Å². The first-order valence-corrected chi connectivity index (χ1v) is 8.81. The number of hydrogen-bond donors (Lipinski definition) is 1. The molecule has 2 aromatic carbocycles.